The van der Waals surface area contributed by atoms with Crippen LogP contribution in [0.2, 0.25) is 5.02 Å². The van der Waals surface area contributed by atoms with Gasteiger partial charge in [0.05, 0.1) is 5.25 Å². The fourth-order valence-electron chi connectivity index (χ4n) is 3.30. The Morgan fingerprint density at radius 1 is 1.43 bits per heavy atom. The van der Waals surface area contributed by atoms with Gasteiger partial charge in [0.1, 0.15) is 12.4 Å². The van der Waals surface area contributed by atoms with Crippen molar-refractivity contribution in [1.29, 1.82) is 0 Å². The number of carbonyl (C=O) groups excluding carboxylic acids is 1. The first-order chi connectivity index (χ1) is 13.4. The Kier molecular flexibility index (Phi) is 7.24. The smallest absolute Gasteiger partial charge is 0.233 e. The predicted octanol–water partition coefficient (Wildman–Crippen LogP) is 4.52. The molecule has 1 heterocycles. The van der Waals surface area contributed by atoms with Crippen LogP contribution >= 0.6 is 23.4 Å². The molecule has 3 rings (SSSR count). The van der Waals surface area contributed by atoms with Crippen molar-refractivity contribution in [1.82, 2.24) is 20.5 Å². The van der Waals surface area contributed by atoms with Crippen molar-refractivity contribution in [2.45, 2.75) is 69.5 Å². The maximum absolute atomic E-state index is 12.5. The van der Waals surface area contributed by atoms with E-state index in [2.05, 4.69) is 27.4 Å². The molecule has 28 heavy (non-hydrogen) atoms. The quantitative estimate of drug-likeness (QED) is 0.641. The molecule has 2 aromatic rings. The van der Waals surface area contributed by atoms with Gasteiger partial charge in [-0.1, -0.05) is 43.1 Å². The van der Waals surface area contributed by atoms with Crippen LogP contribution in [0.25, 0.3) is 0 Å². The first-order valence-corrected chi connectivity index (χ1v) is 11.0. The number of aromatic amines is 1. The number of aryl methyl sites for hydroxylation is 1. The summed E-state index contributed by atoms with van der Waals surface area (Å²) >= 11 is 7.37. The average molecular weight is 423 g/mol. The highest BCUT2D eigenvalue weighted by atomic mass is 35.5. The number of carbonyl (C=O) groups is 1. The van der Waals surface area contributed by atoms with E-state index in [1.165, 1.54) is 31.0 Å². The molecule has 1 aliphatic carbocycles. The number of amides is 1. The summed E-state index contributed by atoms with van der Waals surface area (Å²) in [6.45, 7) is 6.30. The molecule has 0 bridgehead atoms. The van der Waals surface area contributed by atoms with Gasteiger partial charge in [0.2, 0.25) is 11.1 Å². The molecule has 0 aliphatic heterocycles. The minimum Gasteiger partial charge on any atom is -0.486 e. The van der Waals surface area contributed by atoms with Gasteiger partial charge in [-0.05, 0) is 56.4 Å². The van der Waals surface area contributed by atoms with Gasteiger partial charge < -0.3 is 10.1 Å². The molecule has 1 aromatic heterocycles. The van der Waals surface area contributed by atoms with Gasteiger partial charge in [-0.2, -0.15) is 0 Å². The second-order valence-electron chi connectivity index (χ2n) is 7.40. The minimum absolute atomic E-state index is 0.0444. The summed E-state index contributed by atoms with van der Waals surface area (Å²) < 4.78 is 5.73. The van der Waals surface area contributed by atoms with Gasteiger partial charge in [-0.3, -0.25) is 9.89 Å². The maximum atomic E-state index is 12.5. The third kappa shape index (κ3) is 5.64. The van der Waals surface area contributed by atoms with Crippen molar-refractivity contribution in [3.63, 3.8) is 0 Å². The molecule has 3 atom stereocenters. The monoisotopic (exact) mass is 422 g/mol. The zero-order valence-corrected chi connectivity index (χ0v) is 18.1. The molecular formula is C20H27ClN4O2S. The van der Waals surface area contributed by atoms with E-state index in [1.54, 1.807) is 6.07 Å². The van der Waals surface area contributed by atoms with E-state index in [0.29, 0.717) is 21.9 Å². The van der Waals surface area contributed by atoms with Crippen LogP contribution in [-0.4, -0.2) is 32.4 Å². The van der Waals surface area contributed by atoms with Crippen molar-refractivity contribution >= 4 is 29.3 Å². The summed E-state index contributed by atoms with van der Waals surface area (Å²) in [5.74, 6) is 1.92. The van der Waals surface area contributed by atoms with Crippen LogP contribution < -0.4 is 10.1 Å². The van der Waals surface area contributed by atoms with Crippen LogP contribution in [0.15, 0.2) is 23.4 Å². The molecule has 0 saturated heterocycles. The summed E-state index contributed by atoms with van der Waals surface area (Å²) in [6, 6.07) is 5.79. The third-order valence-electron chi connectivity index (χ3n) is 5.11. The number of aromatic nitrogens is 3. The number of hydrogen-bond acceptors (Lipinski definition) is 5. The molecule has 2 N–H and O–H groups in total. The summed E-state index contributed by atoms with van der Waals surface area (Å²) in [5, 5.41) is 11.3. The molecule has 0 unspecified atom stereocenters. The van der Waals surface area contributed by atoms with E-state index in [9.17, 15) is 4.79 Å². The number of nitrogens with zero attached hydrogens (tertiary/aromatic N) is 2. The van der Waals surface area contributed by atoms with E-state index in [1.807, 2.05) is 26.0 Å². The maximum Gasteiger partial charge on any atom is 0.233 e. The standard InChI is InChI=1S/C20H27ClN4O2S/c1-12-6-4-5-7-17(12)22-19(26)14(3)28-20-23-18(24-25-20)11-27-15-8-9-16(21)13(2)10-15/h8-10,12,14,17H,4-7,11H2,1-3H3,(H,22,26)(H,23,24,25)/t12-,14-,17-/m0/s1. The van der Waals surface area contributed by atoms with Crippen molar-refractivity contribution in [3.05, 3.63) is 34.6 Å². The highest BCUT2D eigenvalue weighted by molar-refractivity contribution is 8.00. The summed E-state index contributed by atoms with van der Waals surface area (Å²) in [7, 11) is 0. The number of benzene rings is 1. The lowest BCUT2D eigenvalue weighted by molar-refractivity contribution is -0.121. The second-order valence-corrected chi connectivity index (χ2v) is 9.12. The molecule has 1 saturated carbocycles. The fourth-order valence-corrected chi connectivity index (χ4v) is 4.17. The Morgan fingerprint density at radius 3 is 2.96 bits per heavy atom. The summed E-state index contributed by atoms with van der Waals surface area (Å²) in [5.41, 5.74) is 0.958. The lowest BCUT2D eigenvalue weighted by atomic mass is 9.86. The van der Waals surface area contributed by atoms with Crippen LogP contribution in [0, 0.1) is 12.8 Å². The number of H-pyrrole nitrogens is 1. The van der Waals surface area contributed by atoms with E-state index in [-0.39, 0.29) is 23.8 Å². The van der Waals surface area contributed by atoms with Gasteiger partial charge in [-0.15, -0.1) is 5.10 Å². The molecule has 8 heteroatoms. The van der Waals surface area contributed by atoms with Crippen molar-refractivity contribution < 1.29 is 9.53 Å². The van der Waals surface area contributed by atoms with Crippen molar-refractivity contribution in [2.75, 3.05) is 0 Å². The molecule has 1 fully saturated rings. The van der Waals surface area contributed by atoms with Gasteiger partial charge in [0.25, 0.3) is 0 Å². The summed E-state index contributed by atoms with van der Waals surface area (Å²) in [4.78, 5) is 16.9. The number of halogens is 1. The van der Waals surface area contributed by atoms with Crippen LogP contribution in [0.5, 0.6) is 5.75 Å². The Morgan fingerprint density at radius 2 is 2.21 bits per heavy atom. The first-order valence-electron chi connectivity index (χ1n) is 9.69. The summed E-state index contributed by atoms with van der Waals surface area (Å²) in [6.07, 6.45) is 4.70. The Balaban J connectivity index is 1.49. The Bertz CT molecular complexity index is 813. The normalized spacial score (nSPS) is 20.6. The average Bonchev–Trinajstić information content (AvgIpc) is 3.12. The number of ether oxygens (including phenoxy) is 1. The Labute approximate surface area is 175 Å². The minimum atomic E-state index is -0.252. The molecular weight excluding hydrogens is 396 g/mol. The highest BCUT2D eigenvalue weighted by Gasteiger charge is 2.25. The zero-order chi connectivity index (χ0) is 20.1. The lowest BCUT2D eigenvalue weighted by Gasteiger charge is -2.30. The van der Waals surface area contributed by atoms with E-state index in [4.69, 9.17) is 16.3 Å². The largest absolute Gasteiger partial charge is 0.486 e. The molecule has 1 amide bonds. The molecule has 0 radical (unpaired) electrons. The van der Waals surface area contributed by atoms with E-state index >= 15 is 0 Å². The van der Waals surface area contributed by atoms with Crippen LogP contribution in [0.4, 0.5) is 0 Å². The third-order valence-corrected chi connectivity index (χ3v) is 6.49. The SMILES string of the molecule is Cc1cc(OCc2nc(S[C@@H](C)C(=O)N[C@H]3CCCC[C@@H]3C)n[nH]2)ccc1Cl. The van der Waals surface area contributed by atoms with Gasteiger partial charge >= 0.3 is 0 Å². The van der Waals surface area contributed by atoms with E-state index < -0.39 is 0 Å². The van der Waals surface area contributed by atoms with Gasteiger partial charge in [0, 0.05) is 11.1 Å². The molecule has 6 nitrogen and oxygen atoms in total. The lowest BCUT2D eigenvalue weighted by Crippen LogP contribution is -2.44. The number of nitrogens with one attached hydrogen (secondary N) is 2. The Hall–Kier alpha value is -1.73. The zero-order valence-electron chi connectivity index (χ0n) is 16.5. The number of thioether (sulfide) groups is 1. The van der Waals surface area contributed by atoms with Crippen molar-refractivity contribution in [2.24, 2.45) is 5.92 Å². The predicted molar refractivity (Wildman–Crippen MR) is 112 cm³/mol. The van der Waals surface area contributed by atoms with Crippen LogP contribution in [-0.2, 0) is 11.4 Å². The number of hydrogen-bond donors (Lipinski definition) is 2. The molecule has 152 valence electrons. The topological polar surface area (TPSA) is 79.9 Å². The van der Waals surface area contributed by atoms with Crippen LogP contribution in [0.3, 0.4) is 0 Å². The van der Waals surface area contributed by atoms with Crippen molar-refractivity contribution in [3.8, 4) is 5.75 Å². The van der Waals surface area contributed by atoms with Gasteiger partial charge in [0.15, 0.2) is 5.82 Å². The fraction of sp³-hybridized carbons (Fsp3) is 0.550. The number of rotatable bonds is 7. The first kappa shape index (κ1) is 21.0. The molecule has 0 spiro atoms. The van der Waals surface area contributed by atoms with Crippen LogP contribution in [0.1, 0.15) is 50.9 Å². The molecule has 1 aromatic carbocycles. The second kappa shape index (κ2) is 9.65. The van der Waals surface area contributed by atoms with E-state index in [0.717, 1.165) is 17.7 Å². The highest BCUT2D eigenvalue weighted by Crippen LogP contribution is 2.26. The van der Waals surface area contributed by atoms with Gasteiger partial charge in [-0.25, -0.2) is 4.98 Å². The molecule has 1 aliphatic rings.